The molecule has 0 N–H and O–H groups in total. The summed E-state index contributed by atoms with van der Waals surface area (Å²) >= 11 is 0. The highest BCUT2D eigenvalue weighted by Gasteiger charge is 2.32. The van der Waals surface area contributed by atoms with Gasteiger partial charge in [0.25, 0.3) is 5.91 Å². The molecule has 3 heterocycles. The smallest absolute Gasteiger partial charge is 0.289 e. The summed E-state index contributed by atoms with van der Waals surface area (Å²) in [7, 11) is -0.375. The Balaban J connectivity index is 1.44. The van der Waals surface area contributed by atoms with Crippen LogP contribution >= 0.6 is 0 Å². The first-order chi connectivity index (χ1) is 20.1. The van der Waals surface area contributed by atoms with Gasteiger partial charge in [0.2, 0.25) is 10.0 Å². The van der Waals surface area contributed by atoms with Crippen LogP contribution in [0.15, 0.2) is 65.1 Å². The van der Waals surface area contributed by atoms with Crippen molar-refractivity contribution in [2.24, 2.45) is 7.05 Å². The highest BCUT2D eigenvalue weighted by atomic mass is 32.2. The zero-order chi connectivity index (χ0) is 29.8. The van der Waals surface area contributed by atoms with Crippen molar-refractivity contribution in [1.29, 1.82) is 0 Å². The number of aryl methyl sites for hydroxylation is 1. The van der Waals surface area contributed by atoms with Gasteiger partial charge in [0.1, 0.15) is 17.2 Å². The summed E-state index contributed by atoms with van der Waals surface area (Å²) in [6.07, 6.45) is 3.22. The summed E-state index contributed by atoms with van der Waals surface area (Å²) in [5.41, 5.74) is 3.82. The summed E-state index contributed by atoms with van der Waals surface area (Å²) in [5, 5.41) is 0.517. The van der Waals surface area contributed by atoms with Crippen molar-refractivity contribution in [3.8, 4) is 11.3 Å². The van der Waals surface area contributed by atoms with Crippen LogP contribution in [0.3, 0.4) is 0 Å². The molecule has 0 saturated carbocycles. The van der Waals surface area contributed by atoms with E-state index in [-0.39, 0.29) is 23.1 Å². The molecule has 42 heavy (non-hydrogen) atoms. The lowest BCUT2D eigenvalue weighted by Crippen LogP contribution is -2.40. The number of halogens is 1. The Morgan fingerprint density at radius 3 is 2.57 bits per heavy atom. The maximum absolute atomic E-state index is 13.7. The number of nitrogens with zero attached hydrogens (tertiary/aromatic N) is 4. The molecule has 3 aromatic carbocycles. The lowest BCUT2D eigenvalue weighted by Gasteiger charge is -2.34. The number of carbonyl (C=O) groups is 2. The number of aromatic nitrogens is 2. The fourth-order valence-electron chi connectivity index (χ4n) is 5.77. The van der Waals surface area contributed by atoms with Crippen LogP contribution in [0.4, 0.5) is 10.1 Å². The normalized spacial score (nSPS) is 15.8. The molecule has 2 aromatic heterocycles. The number of carbonyl (C=O) groups excluding carboxylic acids is 2. The van der Waals surface area contributed by atoms with Crippen LogP contribution < -0.4 is 4.31 Å². The number of hydrogen-bond acceptors (Lipinski definition) is 6. The molecule has 9 nitrogen and oxygen atoms in total. The Bertz CT molecular complexity index is 1960. The first-order valence-electron chi connectivity index (χ1n) is 13.5. The second kappa shape index (κ2) is 10.4. The lowest BCUT2D eigenvalue weighted by atomic mass is 9.88. The molecule has 1 atom stereocenters. The molecule has 1 fully saturated rings. The topological polar surface area (TPSA) is 106 Å². The number of benzene rings is 3. The molecule has 0 radical (unpaired) electrons. The van der Waals surface area contributed by atoms with Gasteiger partial charge in [-0.15, -0.1) is 0 Å². The number of hydrogen-bond donors (Lipinski definition) is 0. The Kier molecular flexibility index (Phi) is 6.84. The standard InChI is InChI=1S/C31H29FN4O5S/c1-34-26-9-5-4-8-25(26)33-30(34)31(38)36-14-6-7-20(17-36)22-15-23-24(18-37)29(19-10-12-21(32)13-11-19)41-28(23)16-27(22)35(2)42(3,39)40/h4-5,8-13,15-16,18,20H,6-7,14,17H2,1-3H3. The summed E-state index contributed by atoms with van der Waals surface area (Å²) in [6.45, 7) is 0.884. The van der Waals surface area contributed by atoms with Gasteiger partial charge in [-0.25, -0.2) is 17.8 Å². The monoisotopic (exact) mass is 588 g/mol. The van der Waals surface area contributed by atoms with Gasteiger partial charge < -0.3 is 13.9 Å². The van der Waals surface area contributed by atoms with Crippen LogP contribution in [0.5, 0.6) is 0 Å². The number of para-hydroxylation sites is 2. The number of aldehydes is 1. The highest BCUT2D eigenvalue weighted by molar-refractivity contribution is 7.92. The molecule has 1 amide bonds. The number of imidazole rings is 1. The number of piperidine rings is 1. The van der Waals surface area contributed by atoms with Gasteiger partial charge in [0, 0.05) is 50.1 Å². The number of anilines is 1. The van der Waals surface area contributed by atoms with E-state index in [1.807, 2.05) is 31.3 Å². The van der Waals surface area contributed by atoms with Crippen LogP contribution in [0, 0.1) is 5.82 Å². The molecule has 1 unspecified atom stereocenters. The largest absolute Gasteiger partial charge is 0.455 e. The average Bonchev–Trinajstić information content (AvgIpc) is 3.52. The Labute approximate surface area is 242 Å². The van der Waals surface area contributed by atoms with Crippen LogP contribution in [-0.4, -0.2) is 61.5 Å². The number of sulfonamides is 1. The van der Waals surface area contributed by atoms with Gasteiger partial charge in [0.05, 0.1) is 28.5 Å². The fourth-order valence-corrected chi connectivity index (χ4v) is 6.29. The van der Waals surface area contributed by atoms with Crippen molar-refractivity contribution in [1.82, 2.24) is 14.5 Å². The number of amides is 1. The molecule has 6 rings (SSSR count). The summed E-state index contributed by atoms with van der Waals surface area (Å²) in [4.78, 5) is 32.3. The highest BCUT2D eigenvalue weighted by Crippen LogP contribution is 2.41. The van der Waals surface area contributed by atoms with Gasteiger partial charge in [-0.2, -0.15) is 0 Å². The Morgan fingerprint density at radius 2 is 1.88 bits per heavy atom. The van der Waals surface area contributed by atoms with Crippen molar-refractivity contribution >= 4 is 49.9 Å². The molecule has 1 aliphatic rings. The fraction of sp³-hybridized carbons (Fsp3) is 0.258. The minimum atomic E-state index is -3.66. The van der Waals surface area contributed by atoms with Crippen LogP contribution in [-0.2, 0) is 17.1 Å². The first kappa shape index (κ1) is 27.6. The van der Waals surface area contributed by atoms with Crippen molar-refractivity contribution in [2.75, 3.05) is 30.7 Å². The van der Waals surface area contributed by atoms with Crippen LogP contribution in [0.2, 0.25) is 0 Å². The van der Waals surface area contributed by atoms with Crippen LogP contribution in [0.25, 0.3) is 33.3 Å². The molecule has 1 aliphatic heterocycles. The number of rotatable bonds is 6. The molecule has 11 heteroatoms. The first-order valence-corrected chi connectivity index (χ1v) is 15.4. The molecular formula is C31H29FN4O5S. The summed E-state index contributed by atoms with van der Waals surface area (Å²) in [6, 6.07) is 16.6. The van der Waals surface area contributed by atoms with E-state index in [4.69, 9.17) is 4.42 Å². The molecule has 216 valence electrons. The second-order valence-electron chi connectivity index (χ2n) is 10.7. The SMILES string of the molecule is CN(c1cc2oc(-c3ccc(F)cc3)c(C=O)c2cc1C1CCCN(C(=O)c2nc3ccccc3n2C)C1)S(C)(=O)=O. The third-order valence-electron chi connectivity index (χ3n) is 8.06. The second-order valence-corrected chi connectivity index (χ2v) is 12.7. The number of furan rings is 1. The van der Waals surface area contributed by atoms with Crippen molar-refractivity contribution in [3.05, 3.63) is 83.4 Å². The Morgan fingerprint density at radius 1 is 1.14 bits per heavy atom. The lowest BCUT2D eigenvalue weighted by molar-refractivity contribution is 0.0691. The van der Waals surface area contributed by atoms with E-state index < -0.39 is 15.8 Å². The third-order valence-corrected chi connectivity index (χ3v) is 9.26. The van der Waals surface area contributed by atoms with Gasteiger partial charge in [-0.05, 0) is 60.9 Å². The van der Waals surface area contributed by atoms with Crippen LogP contribution in [0.1, 0.15) is 45.3 Å². The Hall–Kier alpha value is -4.51. The molecule has 0 aliphatic carbocycles. The van der Waals surface area contributed by atoms with Crippen molar-refractivity contribution in [2.45, 2.75) is 18.8 Å². The third kappa shape index (κ3) is 4.73. The predicted molar refractivity (Wildman–Crippen MR) is 159 cm³/mol. The van der Waals surface area contributed by atoms with Gasteiger partial charge >= 0.3 is 0 Å². The van der Waals surface area contributed by atoms with E-state index in [1.165, 1.54) is 35.6 Å². The van der Waals surface area contributed by atoms with E-state index in [0.717, 1.165) is 17.3 Å². The molecule has 1 saturated heterocycles. The number of likely N-dealkylation sites (tertiary alicyclic amines) is 1. The van der Waals surface area contributed by atoms with E-state index in [1.54, 1.807) is 21.6 Å². The molecule has 0 bridgehead atoms. The van der Waals surface area contributed by atoms with E-state index >= 15 is 0 Å². The van der Waals surface area contributed by atoms with E-state index in [2.05, 4.69) is 4.98 Å². The van der Waals surface area contributed by atoms with Gasteiger partial charge in [0.15, 0.2) is 12.1 Å². The van der Waals surface area contributed by atoms with Gasteiger partial charge in [-0.3, -0.25) is 13.9 Å². The van der Waals surface area contributed by atoms with E-state index in [0.29, 0.717) is 65.8 Å². The molecular weight excluding hydrogens is 559 g/mol. The maximum Gasteiger partial charge on any atom is 0.289 e. The zero-order valence-corrected chi connectivity index (χ0v) is 24.2. The van der Waals surface area contributed by atoms with Crippen molar-refractivity contribution < 1.29 is 26.8 Å². The minimum absolute atomic E-state index is 0.201. The summed E-state index contributed by atoms with van der Waals surface area (Å²) in [5.74, 6) is -0.232. The number of fused-ring (bicyclic) bond motifs is 2. The average molecular weight is 589 g/mol. The quantitative estimate of drug-likeness (QED) is 0.248. The maximum atomic E-state index is 13.7. The minimum Gasteiger partial charge on any atom is -0.455 e. The zero-order valence-electron chi connectivity index (χ0n) is 23.4. The van der Waals surface area contributed by atoms with Crippen molar-refractivity contribution in [3.63, 3.8) is 0 Å². The molecule has 0 spiro atoms. The van der Waals surface area contributed by atoms with E-state index in [9.17, 15) is 22.4 Å². The van der Waals surface area contributed by atoms with Gasteiger partial charge in [-0.1, -0.05) is 12.1 Å². The summed E-state index contributed by atoms with van der Waals surface area (Å²) < 4.78 is 48.0. The molecule has 5 aromatic rings. The predicted octanol–water partition coefficient (Wildman–Crippen LogP) is 5.35.